The van der Waals surface area contributed by atoms with Crippen LogP contribution in [0.3, 0.4) is 0 Å². The van der Waals surface area contributed by atoms with Crippen molar-refractivity contribution < 1.29 is 9.53 Å². The summed E-state index contributed by atoms with van der Waals surface area (Å²) in [4.78, 5) is 20.3. The molecule has 0 atom stereocenters. The van der Waals surface area contributed by atoms with Crippen molar-refractivity contribution in [2.24, 2.45) is 0 Å². The topological polar surface area (TPSA) is 64.1 Å². The molecule has 0 saturated heterocycles. The summed E-state index contributed by atoms with van der Waals surface area (Å²) in [5, 5.41) is 3.63. The normalized spacial score (nSPS) is 10.5. The molecule has 1 amide bonds. The molecular weight excluding hydrogens is 290 g/mol. The second-order valence-corrected chi connectivity index (χ2v) is 5.35. The molecule has 0 saturated carbocycles. The molecule has 0 unspecified atom stereocenters. The highest BCUT2D eigenvalue weighted by Crippen LogP contribution is 2.20. The molecule has 3 aromatic rings. The third-order valence-corrected chi connectivity index (χ3v) is 3.50. The van der Waals surface area contributed by atoms with Crippen molar-refractivity contribution in [3.63, 3.8) is 0 Å². The lowest BCUT2D eigenvalue weighted by Crippen LogP contribution is -2.21. The molecule has 5 heteroatoms. The zero-order valence-corrected chi connectivity index (χ0v) is 13.0. The molecule has 0 bridgehead atoms. The fourth-order valence-electron chi connectivity index (χ4n) is 2.37. The number of anilines is 1. The molecule has 0 aliphatic rings. The lowest BCUT2D eigenvalue weighted by atomic mass is 10.1. The van der Waals surface area contributed by atoms with Gasteiger partial charge in [-0.1, -0.05) is 29.8 Å². The fraction of sp³-hybridized carbons (Fsp3) is 0.167. The minimum atomic E-state index is -0.223. The standard InChI is InChI=1S/C18H17N3O2/c1-12-7-8-15(13(2)9-12)21-17(22)10-23-18-14-5-3-4-6-16(14)19-11-20-18/h3-9,11H,10H2,1-2H3,(H,21,22). The summed E-state index contributed by atoms with van der Waals surface area (Å²) in [5.74, 6) is 0.186. The number of aromatic nitrogens is 2. The maximum absolute atomic E-state index is 12.1. The lowest BCUT2D eigenvalue weighted by Gasteiger charge is -2.10. The number of benzene rings is 2. The van der Waals surface area contributed by atoms with E-state index in [-0.39, 0.29) is 12.5 Å². The van der Waals surface area contributed by atoms with Crippen LogP contribution >= 0.6 is 0 Å². The van der Waals surface area contributed by atoms with Gasteiger partial charge in [0.1, 0.15) is 6.33 Å². The van der Waals surface area contributed by atoms with Crippen LogP contribution in [0.5, 0.6) is 5.88 Å². The fourth-order valence-corrected chi connectivity index (χ4v) is 2.37. The van der Waals surface area contributed by atoms with Crippen molar-refractivity contribution in [1.82, 2.24) is 9.97 Å². The van der Waals surface area contributed by atoms with Crippen LogP contribution in [0.1, 0.15) is 11.1 Å². The number of amides is 1. The molecule has 0 aliphatic carbocycles. The monoisotopic (exact) mass is 307 g/mol. The van der Waals surface area contributed by atoms with Crippen LogP contribution in [0.25, 0.3) is 10.9 Å². The number of rotatable bonds is 4. The molecule has 23 heavy (non-hydrogen) atoms. The van der Waals surface area contributed by atoms with Gasteiger partial charge in [-0.15, -0.1) is 0 Å². The highest BCUT2D eigenvalue weighted by molar-refractivity contribution is 5.93. The number of carbonyl (C=O) groups is 1. The molecule has 0 aliphatic heterocycles. The number of nitrogens with one attached hydrogen (secondary N) is 1. The predicted octanol–water partition coefficient (Wildman–Crippen LogP) is 3.26. The number of fused-ring (bicyclic) bond motifs is 1. The highest BCUT2D eigenvalue weighted by atomic mass is 16.5. The van der Waals surface area contributed by atoms with Gasteiger partial charge in [0.25, 0.3) is 5.91 Å². The Hall–Kier alpha value is -2.95. The molecule has 1 heterocycles. The molecule has 5 nitrogen and oxygen atoms in total. The van der Waals surface area contributed by atoms with Gasteiger partial charge in [-0.3, -0.25) is 4.79 Å². The van der Waals surface area contributed by atoms with Crippen molar-refractivity contribution in [3.8, 4) is 5.88 Å². The summed E-state index contributed by atoms with van der Waals surface area (Å²) in [6, 6.07) is 13.4. The van der Waals surface area contributed by atoms with E-state index in [0.29, 0.717) is 5.88 Å². The summed E-state index contributed by atoms with van der Waals surface area (Å²) in [5.41, 5.74) is 3.75. The molecule has 116 valence electrons. The Bertz CT molecular complexity index is 857. The van der Waals surface area contributed by atoms with Crippen molar-refractivity contribution in [2.45, 2.75) is 13.8 Å². The van der Waals surface area contributed by atoms with Gasteiger partial charge in [0.2, 0.25) is 5.88 Å². The first-order valence-electron chi connectivity index (χ1n) is 7.33. The Morgan fingerprint density at radius 1 is 1.13 bits per heavy atom. The van der Waals surface area contributed by atoms with Crippen LogP contribution in [0.15, 0.2) is 48.8 Å². The molecule has 2 aromatic carbocycles. The largest absolute Gasteiger partial charge is 0.467 e. The number of hydrogen-bond acceptors (Lipinski definition) is 4. The summed E-state index contributed by atoms with van der Waals surface area (Å²) >= 11 is 0. The summed E-state index contributed by atoms with van der Waals surface area (Å²) in [6.07, 6.45) is 1.43. The summed E-state index contributed by atoms with van der Waals surface area (Å²) in [6.45, 7) is 3.87. The number of hydrogen-bond donors (Lipinski definition) is 1. The maximum Gasteiger partial charge on any atom is 0.262 e. The Morgan fingerprint density at radius 2 is 1.96 bits per heavy atom. The van der Waals surface area contributed by atoms with Gasteiger partial charge in [0.15, 0.2) is 6.61 Å². The van der Waals surface area contributed by atoms with Gasteiger partial charge in [-0.05, 0) is 37.6 Å². The van der Waals surface area contributed by atoms with Gasteiger partial charge in [0.05, 0.1) is 10.9 Å². The van der Waals surface area contributed by atoms with Crippen LogP contribution in [-0.2, 0) is 4.79 Å². The molecule has 0 radical (unpaired) electrons. The Morgan fingerprint density at radius 3 is 2.78 bits per heavy atom. The van der Waals surface area contributed by atoms with Crippen molar-refractivity contribution in [2.75, 3.05) is 11.9 Å². The highest BCUT2D eigenvalue weighted by Gasteiger charge is 2.09. The Balaban J connectivity index is 1.69. The predicted molar refractivity (Wildman–Crippen MR) is 89.6 cm³/mol. The summed E-state index contributed by atoms with van der Waals surface area (Å²) < 4.78 is 5.55. The lowest BCUT2D eigenvalue weighted by molar-refractivity contribution is -0.118. The third kappa shape index (κ3) is 3.45. The number of carbonyl (C=O) groups excluding carboxylic acids is 1. The van der Waals surface area contributed by atoms with Gasteiger partial charge in [0, 0.05) is 5.69 Å². The van der Waals surface area contributed by atoms with Gasteiger partial charge < -0.3 is 10.1 Å². The molecule has 1 N–H and O–H groups in total. The average molecular weight is 307 g/mol. The molecule has 0 fully saturated rings. The number of para-hydroxylation sites is 1. The molecule has 3 rings (SSSR count). The minimum Gasteiger partial charge on any atom is -0.467 e. The zero-order valence-electron chi connectivity index (χ0n) is 13.0. The molecular formula is C18H17N3O2. The van der Waals surface area contributed by atoms with Crippen LogP contribution in [0.2, 0.25) is 0 Å². The van der Waals surface area contributed by atoms with E-state index in [0.717, 1.165) is 27.7 Å². The van der Waals surface area contributed by atoms with E-state index in [1.807, 2.05) is 56.3 Å². The van der Waals surface area contributed by atoms with E-state index >= 15 is 0 Å². The SMILES string of the molecule is Cc1ccc(NC(=O)COc2ncnc3ccccc23)c(C)c1. The number of ether oxygens (including phenoxy) is 1. The second kappa shape index (κ2) is 6.44. The number of aryl methyl sites for hydroxylation is 2. The number of nitrogens with zero attached hydrogens (tertiary/aromatic N) is 2. The van der Waals surface area contributed by atoms with Gasteiger partial charge in [-0.25, -0.2) is 9.97 Å². The van der Waals surface area contributed by atoms with Gasteiger partial charge >= 0.3 is 0 Å². The van der Waals surface area contributed by atoms with E-state index in [1.165, 1.54) is 6.33 Å². The van der Waals surface area contributed by atoms with Crippen molar-refractivity contribution in [3.05, 3.63) is 59.9 Å². The van der Waals surface area contributed by atoms with Crippen LogP contribution in [0, 0.1) is 13.8 Å². The van der Waals surface area contributed by atoms with Gasteiger partial charge in [-0.2, -0.15) is 0 Å². The van der Waals surface area contributed by atoms with Crippen molar-refractivity contribution >= 4 is 22.5 Å². The van der Waals surface area contributed by atoms with E-state index in [9.17, 15) is 4.79 Å². The molecule has 1 aromatic heterocycles. The van der Waals surface area contributed by atoms with Crippen molar-refractivity contribution in [1.29, 1.82) is 0 Å². The van der Waals surface area contributed by atoms with Crippen LogP contribution in [-0.4, -0.2) is 22.5 Å². The summed E-state index contributed by atoms with van der Waals surface area (Å²) in [7, 11) is 0. The zero-order chi connectivity index (χ0) is 16.2. The average Bonchev–Trinajstić information content (AvgIpc) is 2.55. The Labute approximate surface area is 134 Å². The van der Waals surface area contributed by atoms with E-state index < -0.39 is 0 Å². The minimum absolute atomic E-state index is 0.103. The smallest absolute Gasteiger partial charge is 0.262 e. The first-order valence-corrected chi connectivity index (χ1v) is 7.33. The Kier molecular flexibility index (Phi) is 4.19. The van der Waals surface area contributed by atoms with Crippen LogP contribution < -0.4 is 10.1 Å². The molecule has 0 spiro atoms. The van der Waals surface area contributed by atoms with E-state index in [1.54, 1.807) is 0 Å². The van der Waals surface area contributed by atoms with Crippen LogP contribution in [0.4, 0.5) is 5.69 Å². The van der Waals surface area contributed by atoms with E-state index in [2.05, 4.69) is 15.3 Å². The first-order chi connectivity index (χ1) is 11.1. The van der Waals surface area contributed by atoms with E-state index in [4.69, 9.17) is 4.74 Å². The first kappa shape index (κ1) is 15.0. The third-order valence-electron chi connectivity index (χ3n) is 3.50. The quantitative estimate of drug-likeness (QED) is 0.803. The second-order valence-electron chi connectivity index (χ2n) is 5.35. The maximum atomic E-state index is 12.1.